The summed E-state index contributed by atoms with van der Waals surface area (Å²) in [5.74, 6) is -2.52. The summed E-state index contributed by atoms with van der Waals surface area (Å²) in [4.78, 5) is 51.0. The lowest BCUT2D eigenvalue weighted by Gasteiger charge is -2.27. The van der Waals surface area contributed by atoms with E-state index < -0.39 is 48.6 Å². The van der Waals surface area contributed by atoms with Gasteiger partial charge in [0, 0.05) is 13.0 Å². The van der Waals surface area contributed by atoms with Gasteiger partial charge in [-0.15, -0.1) is 0 Å². The number of carboxylic acids is 1. The summed E-state index contributed by atoms with van der Waals surface area (Å²) in [5.41, 5.74) is 1.53. The summed E-state index contributed by atoms with van der Waals surface area (Å²) in [6.07, 6.45) is 0.113. The van der Waals surface area contributed by atoms with Crippen LogP contribution in [0.5, 0.6) is 0 Å². The molecule has 3 rings (SSSR count). The number of rotatable bonds is 10. The van der Waals surface area contributed by atoms with Gasteiger partial charge in [0.25, 0.3) is 0 Å². The SMILES string of the molecule is O=C(N[C@@H](Cc1ccccc1)C(=O)N[C@@H](CO)C(=O)N1CCC[C@H]1C(=O)O)OCc1ccccc1. The lowest BCUT2D eigenvalue weighted by Crippen LogP contribution is -2.57. The molecular weight excluding hydrogens is 454 g/mol. The van der Waals surface area contributed by atoms with Crippen molar-refractivity contribution in [3.05, 3.63) is 71.8 Å². The molecule has 2 aromatic carbocycles. The Balaban J connectivity index is 1.68. The second kappa shape index (κ2) is 12.5. The number of hydrogen-bond donors (Lipinski definition) is 4. The minimum absolute atomic E-state index is 0.00956. The number of nitrogens with zero attached hydrogens (tertiary/aromatic N) is 1. The van der Waals surface area contributed by atoms with Gasteiger partial charge in [0.15, 0.2) is 0 Å². The number of carbonyl (C=O) groups is 4. The highest BCUT2D eigenvalue weighted by molar-refractivity contribution is 5.93. The first-order valence-electron chi connectivity index (χ1n) is 11.3. The van der Waals surface area contributed by atoms with Crippen LogP contribution >= 0.6 is 0 Å². The molecule has 1 aliphatic rings. The molecule has 4 N–H and O–H groups in total. The molecule has 0 radical (unpaired) electrons. The number of aliphatic hydroxyl groups excluding tert-OH is 1. The zero-order valence-corrected chi connectivity index (χ0v) is 19.1. The molecule has 1 saturated heterocycles. The van der Waals surface area contributed by atoms with E-state index in [1.807, 2.05) is 24.3 Å². The van der Waals surface area contributed by atoms with E-state index in [9.17, 15) is 29.4 Å². The van der Waals surface area contributed by atoms with E-state index in [2.05, 4.69) is 10.6 Å². The largest absolute Gasteiger partial charge is 0.480 e. The summed E-state index contributed by atoms with van der Waals surface area (Å²) in [5, 5.41) is 24.1. The first kappa shape index (κ1) is 25.7. The molecule has 3 atom stereocenters. The molecule has 0 unspecified atom stereocenters. The number of likely N-dealkylation sites (tertiary alicyclic amines) is 1. The Morgan fingerprint density at radius 1 is 0.943 bits per heavy atom. The van der Waals surface area contributed by atoms with Crippen molar-refractivity contribution in [1.82, 2.24) is 15.5 Å². The molecule has 35 heavy (non-hydrogen) atoms. The molecule has 0 bridgehead atoms. The van der Waals surface area contributed by atoms with Crippen molar-refractivity contribution in [2.24, 2.45) is 0 Å². The topological polar surface area (TPSA) is 145 Å². The number of carboxylic acid groups (broad SMARTS) is 1. The number of carbonyl (C=O) groups excluding carboxylic acids is 3. The maximum Gasteiger partial charge on any atom is 0.408 e. The molecule has 0 spiro atoms. The van der Waals surface area contributed by atoms with Crippen LogP contribution in [0.2, 0.25) is 0 Å². The molecule has 0 aromatic heterocycles. The maximum atomic E-state index is 13.1. The van der Waals surface area contributed by atoms with Crippen molar-refractivity contribution in [3.63, 3.8) is 0 Å². The number of hydrogen-bond acceptors (Lipinski definition) is 6. The van der Waals surface area contributed by atoms with Gasteiger partial charge >= 0.3 is 12.1 Å². The molecule has 0 aliphatic carbocycles. The first-order chi connectivity index (χ1) is 16.9. The van der Waals surface area contributed by atoms with Gasteiger partial charge in [0.05, 0.1) is 6.61 Å². The third kappa shape index (κ3) is 7.28. The van der Waals surface area contributed by atoms with Crippen LogP contribution in [-0.2, 0) is 32.1 Å². The zero-order valence-electron chi connectivity index (χ0n) is 19.1. The quantitative estimate of drug-likeness (QED) is 0.396. The number of ether oxygens (including phenoxy) is 1. The van der Waals surface area contributed by atoms with Gasteiger partial charge < -0.3 is 30.5 Å². The van der Waals surface area contributed by atoms with Crippen LogP contribution in [0.25, 0.3) is 0 Å². The van der Waals surface area contributed by atoms with Crippen molar-refractivity contribution in [3.8, 4) is 0 Å². The number of nitrogens with one attached hydrogen (secondary N) is 2. The Morgan fingerprint density at radius 2 is 1.57 bits per heavy atom. The molecule has 2 aromatic rings. The summed E-state index contributed by atoms with van der Waals surface area (Å²) in [7, 11) is 0. The average Bonchev–Trinajstić information content (AvgIpc) is 3.37. The standard InChI is InChI=1S/C25H29N3O7/c29-15-20(23(31)28-13-7-12-21(28)24(32)33)26-22(30)19(14-17-8-3-1-4-9-17)27-25(34)35-16-18-10-5-2-6-11-18/h1-6,8-11,19-21,29H,7,12-16H2,(H,26,30)(H,27,34)(H,32,33)/t19-,20-,21-/m0/s1. The van der Waals surface area contributed by atoms with E-state index in [4.69, 9.17) is 4.74 Å². The average molecular weight is 484 g/mol. The molecule has 1 aliphatic heterocycles. The zero-order chi connectivity index (χ0) is 25.2. The van der Waals surface area contributed by atoms with Crippen LogP contribution in [0.3, 0.4) is 0 Å². The molecule has 3 amide bonds. The molecular formula is C25H29N3O7. The van der Waals surface area contributed by atoms with E-state index in [0.29, 0.717) is 12.8 Å². The van der Waals surface area contributed by atoms with E-state index in [1.54, 1.807) is 36.4 Å². The van der Waals surface area contributed by atoms with Crippen molar-refractivity contribution < 1.29 is 34.1 Å². The molecule has 10 heteroatoms. The summed E-state index contributed by atoms with van der Waals surface area (Å²) in [6, 6.07) is 14.6. The lowest BCUT2D eigenvalue weighted by molar-refractivity contribution is -0.150. The van der Waals surface area contributed by atoms with E-state index in [0.717, 1.165) is 16.0 Å². The predicted octanol–water partition coefficient (Wildman–Crippen LogP) is 1.08. The minimum Gasteiger partial charge on any atom is -0.480 e. The Morgan fingerprint density at radius 3 is 2.17 bits per heavy atom. The molecule has 1 heterocycles. The van der Waals surface area contributed by atoms with Crippen LogP contribution in [0.1, 0.15) is 24.0 Å². The normalized spacial score (nSPS) is 16.7. The highest BCUT2D eigenvalue weighted by Gasteiger charge is 2.38. The summed E-state index contributed by atoms with van der Waals surface area (Å²) >= 11 is 0. The van der Waals surface area contributed by atoms with Gasteiger partial charge in [-0.1, -0.05) is 60.7 Å². The van der Waals surface area contributed by atoms with Gasteiger partial charge in [-0.25, -0.2) is 9.59 Å². The highest BCUT2D eigenvalue weighted by atomic mass is 16.5. The first-order valence-corrected chi connectivity index (χ1v) is 11.3. The van der Waals surface area contributed by atoms with Gasteiger partial charge in [0.1, 0.15) is 24.7 Å². The Hall–Kier alpha value is -3.92. The fraction of sp³-hybridized carbons (Fsp3) is 0.360. The van der Waals surface area contributed by atoms with Crippen molar-refractivity contribution in [2.75, 3.05) is 13.2 Å². The van der Waals surface area contributed by atoms with Crippen molar-refractivity contribution in [2.45, 2.75) is 44.0 Å². The van der Waals surface area contributed by atoms with E-state index in [-0.39, 0.29) is 19.6 Å². The number of benzene rings is 2. The fourth-order valence-corrected chi connectivity index (χ4v) is 3.91. The number of alkyl carbamates (subject to hydrolysis) is 1. The Labute approximate surface area is 202 Å². The Bertz CT molecular complexity index is 1020. The molecule has 10 nitrogen and oxygen atoms in total. The molecule has 1 fully saturated rings. The summed E-state index contributed by atoms with van der Waals surface area (Å²) < 4.78 is 5.23. The van der Waals surface area contributed by atoms with Gasteiger partial charge in [-0.3, -0.25) is 9.59 Å². The number of amides is 3. The Kier molecular flexibility index (Phi) is 9.19. The van der Waals surface area contributed by atoms with Crippen molar-refractivity contribution >= 4 is 23.9 Å². The van der Waals surface area contributed by atoms with Gasteiger partial charge in [0.2, 0.25) is 11.8 Å². The number of aliphatic hydroxyl groups is 1. The van der Waals surface area contributed by atoms with Crippen LogP contribution in [0.4, 0.5) is 4.79 Å². The minimum atomic E-state index is -1.34. The fourth-order valence-electron chi connectivity index (χ4n) is 3.91. The molecule has 186 valence electrons. The lowest BCUT2D eigenvalue weighted by atomic mass is 10.0. The smallest absolute Gasteiger partial charge is 0.408 e. The van der Waals surface area contributed by atoms with Crippen LogP contribution in [-0.4, -0.2) is 70.3 Å². The van der Waals surface area contributed by atoms with Gasteiger partial charge in [-0.05, 0) is 24.0 Å². The third-order valence-corrected chi connectivity index (χ3v) is 5.72. The van der Waals surface area contributed by atoms with Crippen LogP contribution < -0.4 is 10.6 Å². The molecule has 0 saturated carbocycles. The van der Waals surface area contributed by atoms with Gasteiger partial charge in [-0.2, -0.15) is 0 Å². The van der Waals surface area contributed by atoms with Crippen LogP contribution in [0.15, 0.2) is 60.7 Å². The monoisotopic (exact) mass is 483 g/mol. The van der Waals surface area contributed by atoms with E-state index >= 15 is 0 Å². The third-order valence-electron chi connectivity index (χ3n) is 5.72. The summed E-state index contributed by atoms with van der Waals surface area (Å²) in [6.45, 7) is -0.487. The maximum absolute atomic E-state index is 13.1. The second-order valence-corrected chi connectivity index (χ2v) is 8.22. The predicted molar refractivity (Wildman–Crippen MR) is 125 cm³/mol. The number of aliphatic carboxylic acids is 1. The van der Waals surface area contributed by atoms with E-state index in [1.165, 1.54) is 0 Å². The van der Waals surface area contributed by atoms with Crippen LogP contribution in [0, 0.1) is 0 Å². The highest BCUT2D eigenvalue weighted by Crippen LogP contribution is 2.18. The second-order valence-electron chi connectivity index (χ2n) is 8.22. The van der Waals surface area contributed by atoms with Crippen molar-refractivity contribution in [1.29, 1.82) is 0 Å².